The highest BCUT2D eigenvalue weighted by Crippen LogP contribution is 2.38. The number of nitrogens with zero attached hydrogens (tertiary/aromatic N) is 3. The minimum atomic E-state index is -0.540. The number of nitro groups is 1. The van der Waals surface area contributed by atoms with Crippen molar-refractivity contribution in [1.29, 1.82) is 0 Å². The molecule has 10 heteroatoms. The molecule has 0 fully saturated rings. The van der Waals surface area contributed by atoms with Gasteiger partial charge in [0.25, 0.3) is 5.56 Å². The van der Waals surface area contributed by atoms with Gasteiger partial charge < -0.3 is 9.47 Å². The molecule has 0 amide bonds. The molecule has 0 saturated heterocycles. The molecule has 0 aliphatic carbocycles. The van der Waals surface area contributed by atoms with Crippen LogP contribution in [-0.2, 0) is 6.42 Å². The lowest BCUT2D eigenvalue weighted by Gasteiger charge is -2.11. The molecule has 27 heavy (non-hydrogen) atoms. The first-order valence-corrected chi connectivity index (χ1v) is 8.45. The maximum atomic E-state index is 11.5. The average Bonchev–Trinajstić information content (AvgIpc) is 2.63. The molecule has 2 N–H and O–H groups in total. The summed E-state index contributed by atoms with van der Waals surface area (Å²) < 4.78 is 10.8. The van der Waals surface area contributed by atoms with Crippen molar-refractivity contribution in [3.63, 3.8) is 0 Å². The maximum absolute atomic E-state index is 11.5. The van der Waals surface area contributed by atoms with Crippen LogP contribution in [0.4, 0.5) is 11.6 Å². The van der Waals surface area contributed by atoms with Crippen LogP contribution in [0.25, 0.3) is 0 Å². The number of hydrogen-bond donors (Lipinski definition) is 2. The molecule has 2 aromatic rings. The molecule has 0 unspecified atom stereocenters. The number of rotatable bonds is 9. The molecule has 0 aliphatic heterocycles. The molecular formula is C17H21N5O5. The van der Waals surface area contributed by atoms with Gasteiger partial charge >= 0.3 is 5.69 Å². The molecule has 10 nitrogen and oxygen atoms in total. The number of nitro benzene ring substituents is 1. The van der Waals surface area contributed by atoms with Crippen molar-refractivity contribution < 1.29 is 14.4 Å². The number of nitrogens with one attached hydrogen (secondary N) is 2. The zero-order chi connectivity index (χ0) is 19.8. The number of aryl methyl sites for hydroxylation is 1. The molecule has 144 valence electrons. The molecule has 1 aromatic carbocycles. The van der Waals surface area contributed by atoms with Crippen molar-refractivity contribution in [1.82, 2.24) is 9.97 Å². The van der Waals surface area contributed by atoms with E-state index in [1.165, 1.54) is 18.3 Å². The Morgan fingerprint density at radius 2 is 2.00 bits per heavy atom. The topological polar surface area (TPSA) is 132 Å². The van der Waals surface area contributed by atoms with E-state index in [-0.39, 0.29) is 35.3 Å². The van der Waals surface area contributed by atoms with Gasteiger partial charge in [-0.2, -0.15) is 5.10 Å². The zero-order valence-corrected chi connectivity index (χ0v) is 15.3. The van der Waals surface area contributed by atoms with E-state index in [1.807, 2.05) is 6.92 Å². The number of benzene rings is 1. The third kappa shape index (κ3) is 5.27. The van der Waals surface area contributed by atoms with Crippen LogP contribution >= 0.6 is 0 Å². The molecule has 0 radical (unpaired) electrons. The first-order valence-electron chi connectivity index (χ1n) is 8.45. The van der Waals surface area contributed by atoms with Crippen LogP contribution in [0.1, 0.15) is 32.0 Å². The van der Waals surface area contributed by atoms with Crippen LogP contribution in [0.5, 0.6) is 11.5 Å². The third-order valence-electron chi connectivity index (χ3n) is 3.38. The standard InChI is InChI=1S/C17H21N5O5/c1-4-12-9-15(23)20-17(19-12)21-18-10-11-7-13(22(24)25)16(27-6-3)14(8-11)26-5-2/h7-10H,4-6H2,1-3H3,(H2,19,20,21,23)/b18-10-. The summed E-state index contributed by atoms with van der Waals surface area (Å²) in [4.78, 5) is 29.1. The Morgan fingerprint density at radius 1 is 1.26 bits per heavy atom. The van der Waals surface area contributed by atoms with Crippen LogP contribution in [0.3, 0.4) is 0 Å². The number of aromatic nitrogens is 2. The molecule has 1 aromatic heterocycles. The van der Waals surface area contributed by atoms with E-state index in [4.69, 9.17) is 9.47 Å². The van der Waals surface area contributed by atoms with Crippen molar-refractivity contribution in [3.8, 4) is 11.5 Å². The predicted octanol–water partition coefficient (Wildman–Crippen LogP) is 2.48. The minimum absolute atomic E-state index is 0.0797. The largest absolute Gasteiger partial charge is 0.490 e. The summed E-state index contributed by atoms with van der Waals surface area (Å²) in [5.74, 6) is 0.520. The van der Waals surface area contributed by atoms with Gasteiger partial charge in [-0.15, -0.1) is 0 Å². The second-order valence-corrected chi connectivity index (χ2v) is 5.30. The van der Waals surface area contributed by atoms with Gasteiger partial charge in [-0.3, -0.25) is 19.9 Å². The van der Waals surface area contributed by atoms with Crippen molar-refractivity contribution in [2.75, 3.05) is 18.6 Å². The van der Waals surface area contributed by atoms with E-state index < -0.39 is 4.92 Å². The SMILES string of the molecule is CCOc1cc(/C=N\Nc2nc(CC)cc(=O)[nH]2)cc([N+](=O)[O-])c1OCC. The summed E-state index contributed by atoms with van der Waals surface area (Å²) in [5.41, 5.74) is 3.14. The van der Waals surface area contributed by atoms with Crippen molar-refractivity contribution in [2.45, 2.75) is 27.2 Å². The van der Waals surface area contributed by atoms with Crippen LogP contribution in [0.15, 0.2) is 28.1 Å². The third-order valence-corrected chi connectivity index (χ3v) is 3.38. The van der Waals surface area contributed by atoms with Crippen molar-refractivity contribution in [3.05, 3.63) is 49.9 Å². The van der Waals surface area contributed by atoms with Gasteiger partial charge in [0, 0.05) is 23.4 Å². The van der Waals surface area contributed by atoms with Gasteiger partial charge in [-0.25, -0.2) is 10.4 Å². The predicted molar refractivity (Wildman–Crippen MR) is 101 cm³/mol. The normalized spacial score (nSPS) is 10.8. The molecule has 0 aliphatic rings. The van der Waals surface area contributed by atoms with Gasteiger partial charge in [0.2, 0.25) is 11.7 Å². The highest BCUT2D eigenvalue weighted by Gasteiger charge is 2.22. The van der Waals surface area contributed by atoms with Crippen LogP contribution < -0.4 is 20.5 Å². The lowest BCUT2D eigenvalue weighted by molar-refractivity contribution is -0.385. The van der Waals surface area contributed by atoms with Gasteiger partial charge in [-0.1, -0.05) is 6.92 Å². The summed E-state index contributed by atoms with van der Waals surface area (Å²) in [5, 5.41) is 15.3. The number of hydrazone groups is 1. The quantitative estimate of drug-likeness (QED) is 0.391. The first kappa shape index (κ1) is 19.9. The molecule has 0 saturated carbocycles. The summed E-state index contributed by atoms with van der Waals surface area (Å²) in [6.07, 6.45) is 1.97. The minimum Gasteiger partial charge on any atom is -0.490 e. The Balaban J connectivity index is 2.32. The Labute approximate surface area is 155 Å². The van der Waals surface area contributed by atoms with Crippen molar-refractivity contribution >= 4 is 17.9 Å². The van der Waals surface area contributed by atoms with E-state index in [9.17, 15) is 14.9 Å². The molecular weight excluding hydrogens is 354 g/mol. The van der Waals surface area contributed by atoms with Crippen LogP contribution in [-0.4, -0.2) is 34.3 Å². The Hall–Kier alpha value is -3.43. The van der Waals surface area contributed by atoms with Gasteiger partial charge in [0.15, 0.2) is 5.75 Å². The second kappa shape index (κ2) is 9.32. The fraction of sp³-hybridized carbons (Fsp3) is 0.353. The van der Waals surface area contributed by atoms with Crippen LogP contribution in [0, 0.1) is 10.1 Å². The van der Waals surface area contributed by atoms with E-state index in [2.05, 4.69) is 20.5 Å². The van der Waals surface area contributed by atoms with E-state index in [1.54, 1.807) is 19.9 Å². The number of H-pyrrole nitrogens is 1. The summed E-state index contributed by atoms with van der Waals surface area (Å²) >= 11 is 0. The molecule has 0 bridgehead atoms. The molecule has 1 heterocycles. The average molecular weight is 375 g/mol. The fourth-order valence-corrected chi connectivity index (χ4v) is 2.28. The van der Waals surface area contributed by atoms with Gasteiger partial charge in [0.1, 0.15) is 0 Å². The number of ether oxygens (including phenoxy) is 2. The fourth-order valence-electron chi connectivity index (χ4n) is 2.28. The van der Waals surface area contributed by atoms with E-state index in [0.29, 0.717) is 24.3 Å². The van der Waals surface area contributed by atoms with E-state index in [0.717, 1.165) is 0 Å². The summed E-state index contributed by atoms with van der Waals surface area (Å²) in [6.45, 7) is 5.97. The monoisotopic (exact) mass is 375 g/mol. The number of anilines is 1. The van der Waals surface area contributed by atoms with E-state index >= 15 is 0 Å². The summed E-state index contributed by atoms with van der Waals surface area (Å²) in [6, 6.07) is 4.32. The Morgan fingerprint density at radius 3 is 2.63 bits per heavy atom. The lowest BCUT2D eigenvalue weighted by atomic mass is 10.2. The van der Waals surface area contributed by atoms with Crippen molar-refractivity contribution in [2.24, 2.45) is 5.10 Å². The number of aromatic amines is 1. The Bertz CT molecular complexity index is 894. The second-order valence-electron chi connectivity index (χ2n) is 5.30. The lowest BCUT2D eigenvalue weighted by Crippen LogP contribution is -2.11. The smallest absolute Gasteiger partial charge is 0.315 e. The van der Waals surface area contributed by atoms with Gasteiger partial charge in [-0.05, 0) is 26.3 Å². The highest BCUT2D eigenvalue weighted by molar-refractivity contribution is 5.83. The summed E-state index contributed by atoms with van der Waals surface area (Å²) in [7, 11) is 0. The number of hydrogen-bond acceptors (Lipinski definition) is 8. The maximum Gasteiger partial charge on any atom is 0.315 e. The molecule has 0 spiro atoms. The molecule has 0 atom stereocenters. The highest BCUT2D eigenvalue weighted by atomic mass is 16.6. The first-order chi connectivity index (χ1) is 13.0. The van der Waals surface area contributed by atoms with Gasteiger partial charge in [0.05, 0.1) is 24.4 Å². The zero-order valence-electron chi connectivity index (χ0n) is 15.3. The van der Waals surface area contributed by atoms with Crippen LogP contribution in [0.2, 0.25) is 0 Å². The molecule has 2 rings (SSSR count). The Kier molecular flexibility index (Phi) is 6.86.